The first kappa shape index (κ1) is 22.0. The molecule has 2 heterocycles. The fraction of sp³-hybridized carbons (Fsp3) is 0.333. The van der Waals surface area contributed by atoms with Crippen LogP contribution in [0.15, 0.2) is 41.2 Å². The summed E-state index contributed by atoms with van der Waals surface area (Å²) in [4.78, 5) is 38.0. The van der Waals surface area contributed by atoms with Gasteiger partial charge in [0.1, 0.15) is 11.6 Å². The molecular formula is C24H22F2N4O4. The molecule has 34 heavy (non-hydrogen) atoms. The van der Waals surface area contributed by atoms with Crippen molar-refractivity contribution in [3.63, 3.8) is 0 Å². The number of nitrogens with zero attached hydrogens (tertiary/aromatic N) is 2. The highest BCUT2D eigenvalue weighted by molar-refractivity contribution is 5.95. The number of aromatic amines is 1. The molecule has 2 N–H and O–H groups in total. The number of ether oxygens (including phenoxy) is 1. The van der Waals surface area contributed by atoms with Crippen molar-refractivity contribution in [2.24, 2.45) is 5.92 Å². The topological polar surface area (TPSA) is 104 Å². The van der Waals surface area contributed by atoms with Crippen molar-refractivity contribution in [1.82, 2.24) is 20.4 Å². The van der Waals surface area contributed by atoms with Crippen LogP contribution >= 0.6 is 0 Å². The van der Waals surface area contributed by atoms with E-state index < -0.39 is 23.6 Å². The third-order valence-electron chi connectivity index (χ3n) is 6.14. The Hall–Kier alpha value is -3.82. The van der Waals surface area contributed by atoms with E-state index in [1.807, 2.05) is 0 Å². The molecule has 2 aliphatic rings. The predicted octanol–water partition coefficient (Wildman–Crippen LogP) is 2.75. The number of hydrogen-bond donors (Lipinski definition) is 2. The van der Waals surface area contributed by atoms with Crippen LogP contribution in [-0.4, -0.2) is 52.8 Å². The Bertz CT molecular complexity index is 1330. The zero-order valence-corrected chi connectivity index (χ0v) is 18.1. The number of aromatic nitrogens is 2. The summed E-state index contributed by atoms with van der Waals surface area (Å²) in [7, 11) is 0. The number of amides is 2. The maximum absolute atomic E-state index is 14.6. The van der Waals surface area contributed by atoms with Crippen molar-refractivity contribution in [2.45, 2.75) is 25.3 Å². The number of H-pyrrole nitrogens is 1. The number of likely N-dealkylation sites (tertiary alicyclic amines) is 1. The SMILES string of the molecule is O=C(NC1CN(C(=O)c2cc(Cc3n[nH]c(=O)c4ccccc34)c(F)cc2F)C1)OCC1CC1. The fourth-order valence-electron chi connectivity index (χ4n) is 3.97. The molecule has 0 radical (unpaired) electrons. The van der Waals surface area contributed by atoms with Gasteiger partial charge in [0.25, 0.3) is 11.5 Å². The molecule has 1 saturated carbocycles. The summed E-state index contributed by atoms with van der Waals surface area (Å²) in [5, 5.41) is 10.0. The van der Waals surface area contributed by atoms with E-state index in [0.29, 0.717) is 35.1 Å². The second kappa shape index (κ2) is 8.85. The molecule has 8 nitrogen and oxygen atoms in total. The molecule has 0 bridgehead atoms. The van der Waals surface area contributed by atoms with Crippen molar-refractivity contribution in [3.8, 4) is 0 Å². The smallest absolute Gasteiger partial charge is 0.407 e. The van der Waals surface area contributed by atoms with Crippen molar-refractivity contribution in [3.05, 3.63) is 75.2 Å². The van der Waals surface area contributed by atoms with Crippen LogP contribution in [-0.2, 0) is 11.2 Å². The van der Waals surface area contributed by atoms with E-state index in [2.05, 4.69) is 15.5 Å². The van der Waals surface area contributed by atoms with Crippen molar-refractivity contribution < 1.29 is 23.1 Å². The molecule has 2 amide bonds. The zero-order chi connectivity index (χ0) is 23.8. The van der Waals surface area contributed by atoms with Crippen molar-refractivity contribution in [1.29, 1.82) is 0 Å². The maximum Gasteiger partial charge on any atom is 0.407 e. The Labute approximate surface area is 192 Å². The summed E-state index contributed by atoms with van der Waals surface area (Å²) in [6.45, 7) is 0.801. The molecule has 0 spiro atoms. The lowest BCUT2D eigenvalue weighted by atomic mass is 10.00. The zero-order valence-electron chi connectivity index (χ0n) is 18.1. The van der Waals surface area contributed by atoms with Crippen LogP contribution in [0.4, 0.5) is 13.6 Å². The molecule has 3 aromatic rings. The van der Waals surface area contributed by atoms with Gasteiger partial charge in [0.05, 0.1) is 29.3 Å². The van der Waals surface area contributed by atoms with E-state index in [9.17, 15) is 23.2 Å². The van der Waals surface area contributed by atoms with Gasteiger partial charge in [-0.05, 0) is 36.5 Å². The minimum atomic E-state index is -0.967. The largest absolute Gasteiger partial charge is 0.449 e. The number of benzene rings is 2. The normalized spacial score (nSPS) is 15.8. The number of rotatable bonds is 6. The van der Waals surface area contributed by atoms with Gasteiger partial charge in [-0.2, -0.15) is 5.10 Å². The molecule has 2 fully saturated rings. The number of hydrogen-bond acceptors (Lipinski definition) is 5. The summed E-state index contributed by atoms with van der Waals surface area (Å²) in [6.07, 6.45) is 1.57. The average Bonchev–Trinajstić information content (AvgIpc) is 3.62. The molecular weight excluding hydrogens is 446 g/mol. The Balaban J connectivity index is 1.28. The molecule has 176 valence electrons. The summed E-state index contributed by atoms with van der Waals surface area (Å²) >= 11 is 0. The van der Waals surface area contributed by atoms with Gasteiger partial charge >= 0.3 is 6.09 Å². The Kier molecular flexibility index (Phi) is 5.72. The first-order chi connectivity index (χ1) is 16.4. The van der Waals surface area contributed by atoms with Gasteiger partial charge < -0.3 is 15.0 Å². The van der Waals surface area contributed by atoms with E-state index in [1.54, 1.807) is 24.3 Å². The third kappa shape index (κ3) is 4.48. The number of nitrogens with one attached hydrogen (secondary N) is 2. The molecule has 1 aromatic heterocycles. The summed E-state index contributed by atoms with van der Waals surface area (Å²) < 4.78 is 34.2. The lowest BCUT2D eigenvalue weighted by molar-refractivity contribution is 0.0542. The second-order valence-electron chi connectivity index (χ2n) is 8.74. The van der Waals surface area contributed by atoms with Crippen molar-refractivity contribution >= 4 is 22.8 Å². The minimum Gasteiger partial charge on any atom is -0.449 e. The van der Waals surface area contributed by atoms with Crippen LogP contribution < -0.4 is 10.9 Å². The molecule has 1 aliphatic carbocycles. The van der Waals surface area contributed by atoms with Gasteiger partial charge in [-0.1, -0.05) is 18.2 Å². The molecule has 5 rings (SSSR count). The van der Waals surface area contributed by atoms with Gasteiger partial charge in [0.15, 0.2) is 0 Å². The van der Waals surface area contributed by atoms with Crippen LogP contribution in [0.1, 0.15) is 34.5 Å². The van der Waals surface area contributed by atoms with Gasteiger partial charge in [0.2, 0.25) is 0 Å². The molecule has 2 aromatic carbocycles. The van der Waals surface area contributed by atoms with Gasteiger partial charge in [-0.3, -0.25) is 9.59 Å². The van der Waals surface area contributed by atoms with E-state index in [1.165, 1.54) is 11.0 Å². The third-order valence-corrected chi connectivity index (χ3v) is 6.14. The fourth-order valence-corrected chi connectivity index (χ4v) is 3.97. The van der Waals surface area contributed by atoms with Crippen LogP contribution in [0, 0.1) is 17.6 Å². The number of alkyl carbamates (subject to hydrolysis) is 1. The van der Waals surface area contributed by atoms with E-state index >= 15 is 0 Å². The van der Waals surface area contributed by atoms with Crippen LogP contribution in [0.5, 0.6) is 0 Å². The lowest BCUT2D eigenvalue weighted by Gasteiger charge is -2.39. The quantitative estimate of drug-likeness (QED) is 0.579. The molecule has 10 heteroatoms. The monoisotopic (exact) mass is 468 g/mol. The maximum atomic E-state index is 14.6. The van der Waals surface area contributed by atoms with Crippen LogP contribution in [0.3, 0.4) is 0 Å². The molecule has 0 atom stereocenters. The van der Waals surface area contributed by atoms with Gasteiger partial charge in [-0.25, -0.2) is 18.7 Å². The second-order valence-corrected chi connectivity index (χ2v) is 8.74. The number of carbonyl (C=O) groups excluding carboxylic acids is 2. The van der Waals surface area contributed by atoms with Gasteiger partial charge in [0, 0.05) is 31.0 Å². The standard InChI is InChI=1S/C24H22F2N4O4/c25-19-9-20(26)18(23(32)30-10-15(11-30)27-24(33)34-12-13-5-6-13)7-14(19)8-21-16-3-1-2-4-17(16)22(31)29-28-21/h1-4,7,9,13,15H,5-6,8,10-12H2,(H,27,33)(H,29,31). The first-order valence-corrected chi connectivity index (χ1v) is 11.1. The highest BCUT2D eigenvalue weighted by Gasteiger charge is 2.34. The average molecular weight is 468 g/mol. The number of fused-ring (bicyclic) bond motifs is 1. The van der Waals surface area contributed by atoms with E-state index in [0.717, 1.165) is 12.8 Å². The van der Waals surface area contributed by atoms with Crippen LogP contribution in [0.25, 0.3) is 10.8 Å². The Morgan fingerprint density at radius 3 is 2.59 bits per heavy atom. The highest BCUT2D eigenvalue weighted by atomic mass is 19.1. The summed E-state index contributed by atoms with van der Waals surface area (Å²) in [5.41, 5.74) is -0.155. The van der Waals surface area contributed by atoms with Crippen LogP contribution in [0.2, 0.25) is 0 Å². The predicted molar refractivity (Wildman–Crippen MR) is 118 cm³/mol. The molecule has 1 saturated heterocycles. The molecule has 0 unspecified atom stereocenters. The first-order valence-electron chi connectivity index (χ1n) is 11.1. The summed E-state index contributed by atoms with van der Waals surface area (Å²) in [6, 6.07) is 8.35. The molecule has 1 aliphatic heterocycles. The number of carbonyl (C=O) groups is 2. The minimum absolute atomic E-state index is 0.0410. The number of halogens is 2. The Morgan fingerprint density at radius 1 is 1.12 bits per heavy atom. The van der Waals surface area contributed by atoms with E-state index in [-0.39, 0.29) is 42.2 Å². The highest BCUT2D eigenvalue weighted by Crippen LogP contribution is 2.29. The Morgan fingerprint density at radius 2 is 1.85 bits per heavy atom. The summed E-state index contributed by atoms with van der Waals surface area (Å²) in [5.74, 6) is -1.92. The van der Waals surface area contributed by atoms with Crippen molar-refractivity contribution in [2.75, 3.05) is 19.7 Å². The lowest BCUT2D eigenvalue weighted by Crippen LogP contribution is -2.61. The van der Waals surface area contributed by atoms with Gasteiger partial charge in [-0.15, -0.1) is 0 Å². The van der Waals surface area contributed by atoms with E-state index in [4.69, 9.17) is 4.74 Å².